The van der Waals surface area contributed by atoms with Gasteiger partial charge in [0.1, 0.15) is 5.82 Å². The molecule has 1 fully saturated rings. The number of sulfonamides is 1. The summed E-state index contributed by atoms with van der Waals surface area (Å²) in [6.45, 7) is 1.66. The van der Waals surface area contributed by atoms with Crippen molar-refractivity contribution in [2.45, 2.75) is 37.7 Å². The lowest BCUT2D eigenvalue weighted by Crippen LogP contribution is -2.39. The number of hydrogen-bond donors (Lipinski definition) is 1. The highest BCUT2D eigenvalue weighted by Gasteiger charge is 2.41. The molecule has 4 rings (SSSR count). The van der Waals surface area contributed by atoms with Gasteiger partial charge in [0, 0.05) is 32.5 Å². The molecule has 2 aromatic rings. The largest absolute Gasteiger partial charge is 0.346 e. The van der Waals surface area contributed by atoms with Gasteiger partial charge in [-0.25, -0.2) is 13.4 Å². The zero-order chi connectivity index (χ0) is 17.6. The Morgan fingerprint density at radius 2 is 2.12 bits per heavy atom. The van der Waals surface area contributed by atoms with Crippen molar-refractivity contribution < 1.29 is 13.2 Å². The maximum absolute atomic E-state index is 12.4. The fourth-order valence-electron chi connectivity index (χ4n) is 2.98. The van der Waals surface area contributed by atoms with E-state index in [1.807, 2.05) is 10.8 Å². The first-order valence-corrected chi connectivity index (χ1v) is 9.74. The van der Waals surface area contributed by atoms with E-state index < -0.39 is 10.0 Å². The third-order valence-electron chi connectivity index (χ3n) is 4.52. The van der Waals surface area contributed by atoms with Crippen LogP contribution in [0.15, 0.2) is 18.6 Å². The molecule has 1 saturated carbocycles. The minimum absolute atomic E-state index is 0.202. The Hall–Kier alpha value is -2.20. The van der Waals surface area contributed by atoms with E-state index in [4.69, 9.17) is 0 Å². The highest BCUT2D eigenvalue weighted by atomic mass is 32.2. The van der Waals surface area contributed by atoms with E-state index in [0.717, 1.165) is 24.4 Å². The summed E-state index contributed by atoms with van der Waals surface area (Å²) in [5, 5.41) is 6.58. The maximum Gasteiger partial charge on any atom is 0.254 e. The quantitative estimate of drug-likeness (QED) is 0.795. The number of nitrogens with zero attached hydrogens (tertiary/aromatic N) is 5. The number of rotatable bonds is 5. The molecular formula is C15H20N6O3S. The van der Waals surface area contributed by atoms with Gasteiger partial charge < -0.3 is 9.88 Å². The van der Waals surface area contributed by atoms with Crippen LogP contribution in [0.3, 0.4) is 0 Å². The van der Waals surface area contributed by atoms with Crippen LogP contribution in [0.1, 0.15) is 34.7 Å². The predicted octanol–water partition coefficient (Wildman–Crippen LogP) is -0.146. The van der Waals surface area contributed by atoms with Gasteiger partial charge in [-0.2, -0.15) is 9.40 Å². The molecular weight excluding hydrogens is 344 g/mol. The van der Waals surface area contributed by atoms with Gasteiger partial charge in [-0.15, -0.1) is 0 Å². The topological polar surface area (TPSA) is 102 Å². The number of fused-ring (bicyclic) bond motifs is 1. The molecule has 10 heteroatoms. The fourth-order valence-corrected chi connectivity index (χ4v) is 4.76. The second-order valence-corrected chi connectivity index (χ2v) is 8.72. The van der Waals surface area contributed by atoms with Crippen molar-refractivity contribution in [3.8, 4) is 0 Å². The van der Waals surface area contributed by atoms with Crippen LogP contribution >= 0.6 is 0 Å². The van der Waals surface area contributed by atoms with Gasteiger partial charge in [0.05, 0.1) is 35.8 Å². The van der Waals surface area contributed by atoms with E-state index in [2.05, 4.69) is 15.4 Å². The second kappa shape index (κ2) is 5.95. The lowest BCUT2D eigenvalue weighted by molar-refractivity contribution is 0.0950. The van der Waals surface area contributed by atoms with Crippen LogP contribution in [0.25, 0.3) is 0 Å². The van der Waals surface area contributed by atoms with Crippen LogP contribution in [-0.2, 0) is 36.7 Å². The minimum atomic E-state index is -3.18. The van der Waals surface area contributed by atoms with Crippen LogP contribution in [0.5, 0.6) is 0 Å². The molecule has 9 nitrogen and oxygen atoms in total. The number of aromatic nitrogens is 4. The minimum Gasteiger partial charge on any atom is -0.346 e. The average molecular weight is 364 g/mol. The number of hydrogen-bond acceptors (Lipinski definition) is 5. The van der Waals surface area contributed by atoms with Crippen molar-refractivity contribution in [2.24, 2.45) is 7.05 Å². The van der Waals surface area contributed by atoms with E-state index in [9.17, 15) is 13.2 Å². The fraction of sp³-hybridized carbons (Fsp3) is 0.533. The van der Waals surface area contributed by atoms with Crippen LogP contribution in [0.4, 0.5) is 0 Å². The number of amides is 1. The summed E-state index contributed by atoms with van der Waals surface area (Å²) < 4.78 is 29.8. The Kier molecular flexibility index (Phi) is 3.88. The molecule has 3 heterocycles. The molecule has 0 atom stereocenters. The van der Waals surface area contributed by atoms with Gasteiger partial charge in [-0.1, -0.05) is 0 Å². The lowest BCUT2D eigenvalue weighted by Gasteiger charge is -2.26. The molecule has 2 aliphatic rings. The molecule has 1 aliphatic heterocycles. The van der Waals surface area contributed by atoms with Crippen LogP contribution < -0.4 is 5.32 Å². The first-order valence-electron chi connectivity index (χ1n) is 8.24. The van der Waals surface area contributed by atoms with E-state index in [1.54, 1.807) is 17.9 Å². The summed E-state index contributed by atoms with van der Waals surface area (Å²) in [6.07, 6.45) is 6.56. The molecule has 1 amide bonds. The summed E-state index contributed by atoms with van der Waals surface area (Å²) in [5.41, 5.74) is 1.21. The summed E-state index contributed by atoms with van der Waals surface area (Å²) >= 11 is 0. The van der Waals surface area contributed by atoms with Crippen molar-refractivity contribution in [2.75, 3.05) is 6.54 Å². The number of imidazole rings is 1. The number of nitrogens with one attached hydrogen (secondary N) is 1. The van der Waals surface area contributed by atoms with Crippen molar-refractivity contribution in [1.29, 1.82) is 0 Å². The summed E-state index contributed by atoms with van der Waals surface area (Å²) in [6, 6.07) is 0. The first kappa shape index (κ1) is 16.3. The maximum atomic E-state index is 12.4. The van der Waals surface area contributed by atoms with Crippen LogP contribution in [0, 0.1) is 0 Å². The first-order chi connectivity index (χ1) is 11.9. The SMILES string of the molecule is Cn1cc(C(=O)NCc2cn3c(n2)CN(S(=O)(=O)C2CC2)CC3)cn1. The standard InChI is InChI=1S/C15H20N6O3S/c1-19-8-11(6-17-19)15(22)16-7-12-9-20-4-5-21(10-14(20)18-12)25(23,24)13-2-3-13/h6,8-9,13H,2-5,7,10H2,1H3,(H,16,22). The monoisotopic (exact) mass is 364 g/mol. The Morgan fingerprint density at radius 3 is 2.80 bits per heavy atom. The van der Waals surface area contributed by atoms with Gasteiger partial charge in [0.25, 0.3) is 5.91 Å². The average Bonchev–Trinajstić information content (AvgIpc) is 3.24. The molecule has 1 N–H and O–H groups in total. The van der Waals surface area contributed by atoms with Gasteiger partial charge >= 0.3 is 0 Å². The molecule has 134 valence electrons. The zero-order valence-electron chi connectivity index (χ0n) is 13.9. The van der Waals surface area contributed by atoms with E-state index in [-0.39, 0.29) is 11.2 Å². The molecule has 1 aliphatic carbocycles. The Bertz CT molecular complexity index is 912. The molecule has 0 radical (unpaired) electrons. The van der Waals surface area contributed by atoms with Crippen LogP contribution in [-0.4, -0.2) is 49.8 Å². The molecule has 0 bridgehead atoms. The summed E-state index contributed by atoms with van der Waals surface area (Å²) in [4.78, 5) is 16.5. The predicted molar refractivity (Wildman–Crippen MR) is 89.0 cm³/mol. The number of aryl methyl sites for hydroxylation is 1. The van der Waals surface area contributed by atoms with Crippen molar-refractivity contribution in [3.05, 3.63) is 35.7 Å². The van der Waals surface area contributed by atoms with E-state index >= 15 is 0 Å². The smallest absolute Gasteiger partial charge is 0.254 e. The second-order valence-electron chi connectivity index (χ2n) is 6.51. The van der Waals surface area contributed by atoms with Gasteiger partial charge in [0.2, 0.25) is 10.0 Å². The highest BCUT2D eigenvalue weighted by Crippen LogP contribution is 2.32. The zero-order valence-corrected chi connectivity index (χ0v) is 14.7. The van der Waals surface area contributed by atoms with Crippen molar-refractivity contribution in [3.63, 3.8) is 0 Å². The number of carbonyl (C=O) groups is 1. The lowest BCUT2D eigenvalue weighted by atomic mass is 10.3. The van der Waals surface area contributed by atoms with Crippen molar-refractivity contribution in [1.82, 2.24) is 29.0 Å². The van der Waals surface area contributed by atoms with Crippen LogP contribution in [0.2, 0.25) is 0 Å². The van der Waals surface area contributed by atoms with E-state index in [0.29, 0.717) is 31.7 Å². The molecule has 0 aromatic carbocycles. The van der Waals surface area contributed by atoms with E-state index in [1.165, 1.54) is 10.5 Å². The summed E-state index contributed by atoms with van der Waals surface area (Å²) in [5.74, 6) is 0.512. The van der Waals surface area contributed by atoms with Crippen molar-refractivity contribution >= 4 is 15.9 Å². The Balaban J connectivity index is 1.41. The molecule has 0 spiro atoms. The van der Waals surface area contributed by atoms with Gasteiger partial charge in [0.15, 0.2) is 0 Å². The molecule has 0 saturated heterocycles. The molecule has 25 heavy (non-hydrogen) atoms. The highest BCUT2D eigenvalue weighted by molar-refractivity contribution is 7.90. The number of carbonyl (C=O) groups excluding carboxylic acids is 1. The van der Waals surface area contributed by atoms with Gasteiger partial charge in [-0.3, -0.25) is 9.48 Å². The molecule has 2 aromatic heterocycles. The summed E-state index contributed by atoms with van der Waals surface area (Å²) in [7, 11) is -1.43. The molecule has 0 unspecified atom stereocenters. The third-order valence-corrected chi connectivity index (χ3v) is 6.87. The van der Waals surface area contributed by atoms with Gasteiger partial charge in [-0.05, 0) is 12.8 Å². The Morgan fingerprint density at radius 1 is 1.32 bits per heavy atom. The Labute approximate surface area is 145 Å². The third kappa shape index (κ3) is 3.19. The normalized spacial score (nSPS) is 18.1.